The van der Waals surface area contributed by atoms with Gasteiger partial charge in [-0.3, -0.25) is 0 Å². The Morgan fingerprint density at radius 2 is 1.78 bits per heavy atom. The number of fused-ring (bicyclic) bond motifs is 1. The van der Waals surface area contributed by atoms with Crippen molar-refractivity contribution in [3.63, 3.8) is 0 Å². The van der Waals surface area contributed by atoms with E-state index in [0.29, 0.717) is 6.04 Å². The predicted molar refractivity (Wildman–Crippen MR) is 73.6 cm³/mol. The summed E-state index contributed by atoms with van der Waals surface area (Å²) in [7, 11) is 5.39. The van der Waals surface area contributed by atoms with E-state index in [1.54, 1.807) is 14.2 Å². The SMILES string of the molecule is CNC1CCC(C)(C)c2cc(OC)c(OC)cc21. The Hall–Kier alpha value is -1.22. The third-order valence-corrected chi connectivity index (χ3v) is 4.07. The molecule has 3 heteroatoms. The second kappa shape index (κ2) is 4.81. The summed E-state index contributed by atoms with van der Waals surface area (Å²) in [5, 5.41) is 3.39. The highest BCUT2D eigenvalue weighted by atomic mass is 16.5. The molecule has 0 radical (unpaired) electrons. The highest BCUT2D eigenvalue weighted by molar-refractivity contribution is 5.51. The molecule has 0 saturated carbocycles. The van der Waals surface area contributed by atoms with Crippen LogP contribution in [0.3, 0.4) is 0 Å². The summed E-state index contributed by atoms with van der Waals surface area (Å²) in [6, 6.07) is 4.67. The summed E-state index contributed by atoms with van der Waals surface area (Å²) in [6.45, 7) is 4.59. The van der Waals surface area contributed by atoms with E-state index in [1.165, 1.54) is 17.5 Å². The van der Waals surface area contributed by atoms with Crippen molar-refractivity contribution >= 4 is 0 Å². The molecule has 1 aromatic carbocycles. The molecule has 0 aliphatic heterocycles. The van der Waals surface area contributed by atoms with E-state index in [9.17, 15) is 0 Å². The Morgan fingerprint density at radius 3 is 2.33 bits per heavy atom. The number of ether oxygens (including phenoxy) is 2. The lowest BCUT2D eigenvalue weighted by Gasteiger charge is -2.37. The maximum Gasteiger partial charge on any atom is 0.161 e. The van der Waals surface area contributed by atoms with E-state index in [1.807, 2.05) is 7.05 Å². The van der Waals surface area contributed by atoms with E-state index in [0.717, 1.165) is 17.9 Å². The van der Waals surface area contributed by atoms with Crippen LogP contribution in [0.4, 0.5) is 0 Å². The van der Waals surface area contributed by atoms with Crippen LogP contribution in [0.5, 0.6) is 11.5 Å². The summed E-state index contributed by atoms with van der Waals surface area (Å²) in [5.74, 6) is 1.63. The molecule has 2 rings (SSSR count). The fourth-order valence-corrected chi connectivity index (χ4v) is 2.86. The topological polar surface area (TPSA) is 30.5 Å². The zero-order valence-electron chi connectivity index (χ0n) is 12.0. The lowest BCUT2D eigenvalue weighted by molar-refractivity contribution is 0.339. The number of rotatable bonds is 3. The maximum atomic E-state index is 5.42. The van der Waals surface area contributed by atoms with Crippen LogP contribution in [-0.2, 0) is 5.41 Å². The van der Waals surface area contributed by atoms with Gasteiger partial charge in [0, 0.05) is 6.04 Å². The van der Waals surface area contributed by atoms with Crippen molar-refractivity contribution in [1.29, 1.82) is 0 Å². The molecule has 1 aromatic rings. The summed E-state index contributed by atoms with van der Waals surface area (Å²) in [4.78, 5) is 0. The van der Waals surface area contributed by atoms with Crippen molar-refractivity contribution in [3.05, 3.63) is 23.3 Å². The van der Waals surface area contributed by atoms with E-state index < -0.39 is 0 Å². The lowest BCUT2D eigenvalue weighted by Crippen LogP contribution is -2.31. The highest BCUT2D eigenvalue weighted by Crippen LogP contribution is 2.45. The van der Waals surface area contributed by atoms with Gasteiger partial charge in [0.15, 0.2) is 11.5 Å². The molecule has 1 aliphatic carbocycles. The van der Waals surface area contributed by atoms with Crippen molar-refractivity contribution in [3.8, 4) is 11.5 Å². The molecule has 18 heavy (non-hydrogen) atoms. The molecule has 1 atom stereocenters. The molecule has 3 nitrogen and oxygen atoms in total. The van der Waals surface area contributed by atoms with Crippen LogP contribution in [0.15, 0.2) is 12.1 Å². The van der Waals surface area contributed by atoms with E-state index in [4.69, 9.17) is 9.47 Å². The first-order valence-electron chi connectivity index (χ1n) is 6.47. The van der Waals surface area contributed by atoms with Gasteiger partial charge < -0.3 is 14.8 Å². The Balaban J connectivity index is 2.59. The van der Waals surface area contributed by atoms with Crippen molar-refractivity contribution in [2.45, 2.75) is 38.1 Å². The van der Waals surface area contributed by atoms with Crippen LogP contribution in [0, 0.1) is 0 Å². The van der Waals surface area contributed by atoms with Gasteiger partial charge in [0.2, 0.25) is 0 Å². The Bertz CT molecular complexity index is 440. The average molecular weight is 249 g/mol. The van der Waals surface area contributed by atoms with Crippen molar-refractivity contribution in [2.24, 2.45) is 0 Å². The number of nitrogens with one attached hydrogen (secondary N) is 1. The number of hydrogen-bond donors (Lipinski definition) is 1. The summed E-state index contributed by atoms with van der Waals surface area (Å²) >= 11 is 0. The third kappa shape index (κ3) is 2.07. The molecule has 1 aliphatic rings. The minimum Gasteiger partial charge on any atom is -0.493 e. The van der Waals surface area contributed by atoms with Gasteiger partial charge in [-0.1, -0.05) is 13.8 Å². The minimum absolute atomic E-state index is 0.197. The second-order valence-corrected chi connectivity index (χ2v) is 5.56. The van der Waals surface area contributed by atoms with Gasteiger partial charge >= 0.3 is 0 Å². The normalized spacial score (nSPS) is 21.3. The summed E-state index contributed by atoms with van der Waals surface area (Å²) < 4.78 is 10.8. The van der Waals surface area contributed by atoms with Gasteiger partial charge in [0.1, 0.15) is 0 Å². The van der Waals surface area contributed by atoms with Gasteiger partial charge in [-0.15, -0.1) is 0 Å². The van der Waals surface area contributed by atoms with Crippen LogP contribution in [0.1, 0.15) is 43.9 Å². The largest absolute Gasteiger partial charge is 0.493 e. The first-order chi connectivity index (χ1) is 8.53. The Labute approximate surface area is 109 Å². The zero-order chi connectivity index (χ0) is 13.3. The highest BCUT2D eigenvalue weighted by Gasteiger charge is 2.33. The lowest BCUT2D eigenvalue weighted by atomic mass is 9.71. The maximum absolute atomic E-state index is 5.42. The smallest absolute Gasteiger partial charge is 0.161 e. The molecule has 0 heterocycles. The molecule has 0 spiro atoms. The van der Waals surface area contributed by atoms with Crippen LogP contribution in [0.2, 0.25) is 0 Å². The molecule has 1 N–H and O–H groups in total. The first-order valence-corrected chi connectivity index (χ1v) is 6.47. The monoisotopic (exact) mass is 249 g/mol. The summed E-state index contributed by atoms with van der Waals surface area (Å²) in [5.41, 5.74) is 2.90. The van der Waals surface area contributed by atoms with Gasteiger partial charge in [-0.2, -0.15) is 0 Å². The zero-order valence-corrected chi connectivity index (χ0v) is 12.0. The molecule has 1 unspecified atom stereocenters. The predicted octanol–water partition coefficient (Wildman–Crippen LogP) is 3.04. The number of methoxy groups -OCH3 is 2. The molecule has 0 saturated heterocycles. The van der Waals surface area contributed by atoms with Crippen LogP contribution >= 0.6 is 0 Å². The number of benzene rings is 1. The molecular weight excluding hydrogens is 226 g/mol. The van der Waals surface area contributed by atoms with Gasteiger partial charge in [-0.05, 0) is 48.6 Å². The van der Waals surface area contributed by atoms with Crippen LogP contribution in [0.25, 0.3) is 0 Å². The third-order valence-electron chi connectivity index (χ3n) is 4.07. The van der Waals surface area contributed by atoms with E-state index >= 15 is 0 Å². The van der Waals surface area contributed by atoms with Crippen molar-refractivity contribution in [2.75, 3.05) is 21.3 Å². The number of hydrogen-bond acceptors (Lipinski definition) is 3. The standard InChI is InChI=1S/C15H23NO2/c1-15(2)7-6-12(16-3)10-8-13(17-4)14(18-5)9-11(10)15/h8-9,12,16H,6-7H2,1-5H3. The van der Waals surface area contributed by atoms with Gasteiger partial charge in [-0.25, -0.2) is 0 Å². The van der Waals surface area contributed by atoms with Gasteiger partial charge in [0.25, 0.3) is 0 Å². The molecule has 0 bridgehead atoms. The van der Waals surface area contributed by atoms with Crippen molar-refractivity contribution < 1.29 is 9.47 Å². The second-order valence-electron chi connectivity index (χ2n) is 5.56. The Morgan fingerprint density at radius 1 is 1.17 bits per heavy atom. The fraction of sp³-hybridized carbons (Fsp3) is 0.600. The molecular formula is C15H23NO2. The quantitative estimate of drug-likeness (QED) is 0.893. The molecule has 100 valence electrons. The van der Waals surface area contributed by atoms with E-state index in [2.05, 4.69) is 31.3 Å². The molecule has 0 fully saturated rings. The molecule has 0 aromatic heterocycles. The first kappa shape index (κ1) is 13.2. The summed E-state index contributed by atoms with van der Waals surface area (Å²) in [6.07, 6.45) is 2.34. The minimum atomic E-state index is 0.197. The fourth-order valence-electron chi connectivity index (χ4n) is 2.86. The van der Waals surface area contributed by atoms with Gasteiger partial charge in [0.05, 0.1) is 14.2 Å². The average Bonchev–Trinajstić information content (AvgIpc) is 2.37. The van der Waals surface area contributed by atoms with E-state index in [-0.39, 0.29) is 5.41 Å². The molecule has 0 amide bonds. The van der Waals surface area contributed by atoms with Crippen molar-refractivity contribution in [1.82, 2.24) is 5.32 Å². The van der Waals surface area contributed by atoms with Crippen LogP contribution in [-0.4, -0.2) is 21.3 Å². The Kier molecular flexibility index (Phi) is 3.53. The van der Waals surface area contributed by atoms with Crippen LogP contribution < -0.4 is 14.8 Å².